The van der Waals surface area contributed by atoms with E-state index in [4.69, 9.17) is 11.4 Å². The molecule has 0 bridgehead atoms. The molecule has 5 heteroatoms. The molecule has 0 aliphatic heterocycles. The van der Waals surface area contributed by atoms with Crippen molar-refractivity contribution in [3.8, 4) is 22.9 Å². The van der Waals surface area contributed by atoms with Gasteiger partial charge in [0.25, 0.3) is 0 Å². The summed E-state index contributed by atoms with van der Waals surface area (Å²) in [6.45, 7) is 6.43. The summed E-state index contributed by atoms with van der Waals surface area (Å²) in [6, 6.07) is 4.01. The van der Waals surface area contributed by atoms with E-state index in [2.05, 4.69) is 36.4 Å². The van der Waals surface area contributed by atoms with E-state index in [1.54, 1.807) is 22.7 Å². The minimum atomic E-state index is -0.0289. The average molecular weight is 301 g/mol. The normalized spacial score (nSPS) is 11.7. The number of imidazole rings is 1. The zero-order valence-corrected chi connectivity index (χ0v) is 13.2. The van der Waals surface area contributed by atoms with Crippen molar-refractivity contribution < 1.29 is 0 Å². The number of terminal acetylenes is 1. The number of thiazole rings is 1. The van der Waals surface area contributed by atoms with Crippen LogP contribution in [0.5, 0.6) is 0 Å². The largest absolute Gasteiger partial charge is 0.365 e. The van der Waals surface area contributed by atoms with Gasteiger partial charge in [0.05, 0.1) is 9.75 Å². The summed E-state index contributed by atoms with van der Waals surface area (Å²) in [4.78, 5) is 7.75. The van der Waals surface area contributed by atoms with Crippen molar-refractivity contribution in [1.82, 2.24) is 9.38 Å². The molecule has 3 aromatic rings. The lowest BCUT2D eigenvalue weighted by Gasteiger charge is -2.22. The van der Waals surface area contributed by atoms with Gasteiger partial charge in [-0.2, -0.15) is 0 Å². The van der Waals surface area contributed by atoms with Gasteiger partial charge in [0.1, 0.15) is 11.5 Å². The van der Waals surface area contributed by atoms with Crippen LogP contribution in [-0.4, -0.2) is 14.9 Å². The first-order valence-electron chi connectivity index (χ1n) is 6.28. The fourth-order valence-corrected chi connectivity index (χ4v) is 3.50. The van der Waals surface area contributed by atoms with E-state index in [0.29, 0.717) is 0 Å². The molecule has 0 atom stereocenters. The number of hydrogen-bond donors (Lipinski definition) is 1. The molecular weight excluding hydrogens is 286 g/mol. The van der Waals surface area contributed by atoms with Crippen LogP contribution in [0.25, 0.3) is 15.5 Å². The van der Waals surface area contributed by atoms with Gasteiger partial charge >= 0.3 is 0 Å². The number of nitrogens with one attached hydrogen (secondary N) is 1. The molecule has 3 rings (SSSR count). The summed E-state index contributed by atoms with van der Waals surface area (Å²) in [7, 11) is 0. The maximum Gasteiger partial charge on any atom is 0.195 e. The number of rotatable bonds is 2. The summed E-state index contributed by atoms with van der Waals surface area (Å²) < 4.78 is 2.10. The van der Waals surface area contributed by atoms with Gasteiger partial charge < -0.3 is 5.32 Å². The Labute approximate surface area is 126 Å². The standard InChI is InChI=1S/C15H15N3S2/c1-5-10-6-7-11(20-10)12-13(17-15(2,3)4)18-8-9-19-14(18)16-12/h1,6-9,17H,2-4H3. The molecule has 3 heterocycles. The van der Waals surface area contributed by atoms with Gasteiger partial charge in [-0.1, -0.05) is 5.92 Å². The summed E-state index contributed by atoms with van der Waals surface area (Å²) in [5.41, 5.74) is 0.942. The molecule has 0 aliphatic carbocycles. The van der Waals surface area contributed by atoms with Crippen LogP contribution in [0.1, 0.15) is 25.6 Å². The van der Waals surface area contributed by atoms with Gasteiger partial charge in [0.2, 0.25) is 0 Å². The van der Waals surface area contributed by atoms with Gasteiger partial charge in [-0.25, -0.2) is 4.98 Å². The molecule has 0 spiro atoms. The van der Waals surface area contributed by atoms with Crippen LogP contribution in [0.2, 0.25) is 0 Å². The molecule has 0 radical (unpaired) electrons. The third-order valence-corrected chi connectivity index (χ3v) is 4.52. The first-order valence-corrected chi connectivity index (χ1v) is 7.98. The van der Waals surface area contributed by atoms with Crippen LogP contribution in [-0.2, 0) is 0 Å². The second kappa shape index (κ2) is 4.65. The highest BCUT2D eigenvalue weighted by molar-refractivity contribution is 7.16. The predicted molar refractivity (Wildman–Crippen MR) is 87.7 cm³/mol. The average Bonchev–Trinajstić information content (AvgIpc) is 3.03. The molecule has 1 N–H and O–H groups in total. The maximum atomic E-state index is 5.46. The molecule has 3 aromatic heterocycles. The third-order valence-electron chi connectivity index (χ3n) is 2.74. The number of anilines is 1. The van der Waals surface area contributed by atoms with Gasteiger partial charge in [-0.3, -0.25) is 4.40 Å². The Balaban J connectivity index is 2.16. The highest BCUT2D eigenvalue weighted by atomic mass is 32.1. The number of hydrogen-bond acceptors (Lipinski definition) is 4. The molecular formula is C15H15N3S2. The van der Waals surface area contributed by atoms with Crippen molar-refractivity contribution in [1.29, 1.82) is 0 Å². The van der Waals surface area contributed by atoms with Crippen molar-refractivity contribution in [3.63, 3.8) is 0 Å². The zero-order chi connectivity index (χ0) is 14.3. The van der Waals surface area contributed by atoms with Crippen molar-refractivity contribution in [2.45, 2.75) is 26.3 Å². The second-order valence-electron chi connectivity index (χ2n) is 5.55. The lowest BCUT2D eigenvalue weighted by molar-refractivity contribution is 0.630. The molecule has 0 aliphatic rings. The summed E-state index contributed by atoms with van der Waals surface area (Å²) in [5, 5.41) is 5.59. The Morgan fingerprint density at radius 2 is 2.15 bits per heavy atom. The van der Waals surface area contributed by atoms with Gasteiger partial charge in [0, 0.05) is 17.1 Å². The third kappa shape index (κ3) is 2.33. The zero-order valence-electron chi connectivity index (χ0n) is 11.6. The molecule has 0 unspecified atom stereocenters. The van der Waals surface area contributed by atoms with Gasteiger partial charge in [0.15, 0.2) is 4.96 Å². The minimum absolute atomic E-state index is 0.0289. The molecule has 0 fully saturated rings. The molecule has 0 saturated heterocycles. The summed E-state index contributed by atoms with van der Waals surface area (Å²) >= 11 is 3.23. The van der Waals surface area contributed by atoms with Crippen molar-refractivity contribution in [2.24, 2.45) is 0 Å². The van der Waals surface area contributed by atoms with Crippen LogP contribution in [0.3, 0.4) is 0 Å². The van der Waals surface area contributed by atoms with Crippen molar-refractivity contribution in [3.05, 3.63) is 28.6 Å². The molecule has 0 saturated carbocycles. The number of aromatic nitrogens is 2. The van der Waals surface area contributed by atoms with Crippen LogP contribution < -0.4 is 5.32 Å². The van der Waals surface area contributed by atoms with E-state index in [-0.39, 0.29) is 5.54 Å². The fourth-order valence-electron chi connectivity index (χ4n) is 1.97. The number of thiophene rings is 1. The van der Waals surface area contributed by atoms with E-state index in [0.717, 1.165) is 26.2 Å². The highest BCUT2D eigenvalue weighted by Crippen LogP contribution is 2.36. The van der Waals surface area contributed by atoms with Crippen LogP contribution in [0.4, 0.5) is 5.82 Å². The first-order chi connectivity index (χ1) is 9.48. The highest BCUT2D eigenvalue weighted by Gasteiger charge is 2.20. The molecule has 20 heavy (non-hydrogen) atoms. The number of nitrogens with zero attached hydrogens (tertiary/aromatic N) is 2. The maximum absolute atomic E-state index is 5.46. The van der Waals surface area contributed by atoms with E-state index >= 15 is 0 Å². The monoisotopic (exact) mass is 301 g/mol. The van der Waals surface area contributed by atoms with E-state index < -0.39 is 0 Å². The summed E-state index contributed by atoms with van der Waals surface area (Å²) in [5.74, 6) is 3.71. The minimum Gasteiger partial charge on any atom is -0.365 e. The van der Waals surface area contributed by atoms with E-state index in [1.807, 2.05) is 23.7 Å². The molecule has 3 nitrogen and oxygen atoms in total. The Kier molecular flexibility index (Phi) is 3.08. The lowest BCUT2D eigenvalue weighted by atomic mass is 10.1. The first kappa shape index (κ1) is 13.2. The smallest absolute Gasteiger partial charge is 0.195 e. The van der Waals surface area contributed by atoms with Crippen LogP contribution >= 0.6 is 22.7 Å². The fraction of sp³-hybridized carbons (Fsp3) is 0.267. The van der Waals surface area contributed by atoms with E-state index in [9.17, 15) is 0 Å². The Hall–Kier alpha value is -1.77. The van der Waals surface area contributed by atoms with E-state index in [1.165, 1.54) is 0 Å². The Bertz CT molecular complexity index is 793. The topological polar surface area (TPSA) is 29.3 Å². The van der Waals surface area contributed by atoms with Gasteiger partial charge in [-0.15, -0.1) is 29.1 Å². The Morgan fingerprint density at radius 3 is 2.80 bits per heavy atom. The predicted octanol–water partition coefficient (Wildman–Crippen LogP) is 4.32. The Morgan fingerprint density at radius 1 is 1.35 bits per heavy atom. The van der Waals surface area contributed by atoms with Crippen molar-refractivity contribution >= 4 is 33.5 Å². The second-order valence-corrected chi connectivity index (χ2v) is 7.50. The molecule has 0 amide bonds. The quantitative estimate of drug-likeness (QED) is 0.714. The van der Waals surface area contributed by atoms with Crippen LogP contribution in [0.15, 0.2) is 23.7 Å². The molecule has 0 aromatic carbocycles. The van der Waals surface area contributed by atoms with Crippen LogP contribution in [0, 0.1) is 12.3 Å². The number of fused-ring (bicyclic) bond motifs is 1. The summed E-state index contributed by atoms with van der Waals surface area (Å²) in [6.07, 6.45) is 7.50. The lowest BCUT2D eigenvalue weighted by Crippen LogP contribution is -2.27. The SMILES string of the molecule is C#Cc1ccc(-c2nc3sccn3c2NC(C)(C)C)s1. The van der Waals surface area contributed by atoms with Gasteiger partial charge in [-0.05, 0) is 32.9 Å². The molecule has 102 valence electrons. The van der Waals surface area contributed by atoms with Crippen molar-refractivity contribution in [2.75, 3.05) is 5.32 Å².